The van der Waals surface area contributed by atoms with Crippen LogP contribution in [0.25, 0.3) is 0 Å². The fraction of sp³-hybridized carbons (Fsp3) is 0.286. The van der Waals surface area contributed by atoms with Crippen molar-refractivity contribution in [2.24, 2.45) is 0 Å². The number of hydrogen-bond acceptors (Lipinski definition) is 0. The second-order valence-corrected chi connectivity index (χ2v) is 12.5. The zero-order chi connectivity index (χ0) is 11.1. The third-order valence-electron chi connectivity index (χ3n) is 3.36. The van der Waals surface area contributed by atoms with E-state index in [0.717, 1.165) is 5.66 Å². The standard InChI is InChI=1S/C14H16PSi/c1-16(2)15-13-9-5-8-12(13)10-14(15)11-6-3-4-7-11/h3-6,8-10,14H,7H2,1-2H3/q+1. The van der Waals surface area contributed by atoms with Crippen molar-refractivity contribution in [2.45, 2.75) is 25.2 Å². The van der Waals surface area contributed by atoms with Gasteiger partial charge in [-0.2, -0.15) is 0 Å². The van der Waals surface area contributed by atoms with Crippen molar-refractivity contribution in [1.29, 1.82) is 0 Å². The Labute approximate surface area is 99.5 Å². The van der Waals surface area contributed by atoms with Gasteiger partial charge in [-0.15, -0.1) is 0 Å². The van der Waals surface area contributed by atoms with Crippen LogP contribution >= 0.6 is 7.06 Å². The van der Waals surface area contributed by atoms with Crippen molar-refractivity contribution in [2.75, 3.05) is 0 Å². The van der Waals surface area contributed by atoms with Crippen LogP contribution in [0.3, 0.4) is 0 Å². The monoisotopic (exact) mass is 243 g/mol. The lowest BCUT2D eigenvalue weighted by molar-refractivity contribution is 1.15. The first-order valence-corrected chi connectivity index (χ1v) is 10.6. The molecule has 0 fully saturated rings. The number of fused-ring (bicyclic) bond motifs is 1. The SMILES string of the molecule is C[Si](C)=[P+]1C2=CC=CC2=CC1C1=CC=CC1. The molecule has 1 heterocycles. The lowest BCUT2D eigenvalue weighted by Gasteiger charge is -2.05. The molecule has 0 N–H and O–H groups in total. The summed E-state index contributed by atoms with van der Waals surface area (Å²) in [5.41, 5.74) is 3.92. The molecule has 0 aromatic rings. The van der Waals surface area contributed by atoms with E-state index in [0.29, 0.717) is 0 Å². The Bertz CT molecular complexity index is 523. The summed E-state index contributed by atoms with van der Waals surface area (Å²) < 4.78 is 0. The Hall–Kier alpha value is -0.783. The van der Waals surface area contributed by atoms with Gasteiger partial charge in [-0.05, 0) is 37.2 Å². The van der Waals surface area contributed by atoms with Gasteiger partial charge in [-0.25, -0.2) is 0 Å². The van der Waals surface area contributed by atoms with Crippen molar-refractivity contribution in [3.63, 3.8) is 0 Å². The minimum atomic E-state index is -0.214. The third kappa shape index (κ3) is 1.50. The van der Waals surface area contributed by atoms with E-state index < -0.39 is 0 Å². The van der Waals surface area contributed by atoms with Gasteiger partial charge >= 0.3 is 0 Å². The first kappa shape index (κ1) is 10.4. The van der Waals surface area contributed by atoms with Crippen LogP contribution < -0.4 is 0 Å². The van der Waals surface area contributed by atoms with Gasteiger partial charge in [0.25, 0.3) is 0 Å². The Morgan fingerprint density at radius 3 is 2.81 bits per heavy atom. The van der Waals surface area contributed by atoms with Crippen molar-refractivity contribution in [1.82, 2.24) is 0 Å². The maximum absolute atomic E-state index is 2.53. The summed E-state index contributed by atoms with van der Waals surface area (Å²) in [6.45, 7) is 4.95. The second-order valence-electron chi connectivity index (χ2n) is 4.67. The summed E-state index contributed by atoms with van der Waals surface area (Å²) in [7, 11) is -0.133. The predicted molar refractivity (Wildman–Crippen MR) is 75.3 cm³/mol. The van der Waals surface area contributed by atoms with E-state index in [9.17, 15) is 0 Å². The van der Waals surface area contributed by atoms with E-state index in [4.69, 9.17) is 0 Å². The highest BCUT2D eigenvalue weighted by Crippen LogP contribution is 2.56. The lowest BCUT2D eigenvalue weighted by atomic mass is 10.1. The van der Waals surface area contributed by atoms with E-state index in [2.05, 4.69) is 55.6 Å². The maximum atomic E-state index is 2.53. The van der Waals surface area contributed by atoms with E-state index >= 15 is 0 Å². The summed E-state index contributed by atoms with van der Waals surface area (Å²) in [5.74, 6) is 0. The molecule has 0 nitrogen and oxygen atoms in total. The molecule has 80 valence electrons. The minimum Gasteiger partial charge on any atom is -0.0803 e. The fourth-order valence-electron chi connectivity index (χ4n) is 2.65. The van der Waals surface area contributed by atoms with Gasteiger partial charge in [0.1, 0.15) is 11.0 Å². The van der Waals surface area contributed by atoms with E-state index in [1.54, 1.807) is 10.9 Å². The second kappa shape index (κ2) is 3.91. The van der Waals surface area contributed by atoms with Crippen LogP contribution in [-0.2, 0) is 0 Å². The molecule has 2 unspecified atom stereocenters. The lowest BCUT2D eigenvalue weighted by Crippen LogP contribution is -2.01. The third-order valence-corrected chi connectivity index (χ3v) is 10.7. The molecular formula is C14H16PSi+. The van der Waals surface area contributed by atoms with Gasteiger partial charge in [0, 0.05) is 5.57 Å². The molecule has 0 radical (unpaired) electrons. The van der Waals surface area contributed by atoms with Crippen LogP contribution in [0.2, 0.25) is 13.1 Å². The van der Waals surface area contributed by atoms with Gasteiger partial charge in [0.2, 0.25) is 8.05 Å². The molecule has 0 spiro atoms. The van der Waals surface area contributed by atoms with Gasteiger partial charge in [-0.3, -0.25) is 0 Å². The largest absolute Gasteiger partial charge is 0.248 e. The first-order valence-electron chi connectivity index (χ1n) is 5.83. The van der Waals surface area contributed by atoms with E-state index in [1.165, 1.54) is 12.0 Å². The van der Waals surface area contributed by atoms with E-state index in [-0.39, 0.29) is 15.1 Å². The summed E-state index contributed by atoms with van der Waals surface area (Å²) in [6.07, 6.45) is 17.4. The predicted octanol–water partition coefficient (Wildman–Crippen LogP) is 4.37. The topological polar surface area (TPSA) is 0 Å². The Morgan fingerprint density at radius 1 is 1.25 bits per heavy atom. The van der Waals surface area contributed by atoms with Crippen LogP contribution in [0.1, 0.15) is 6.42 Å². The maximum Gasteiger partial charge on any atom is 0.248 e. The number of rotatable bonds is 1. The van der Waals surface area contributed by atoms with Crippen LogP contribution in [0.15, 0.2) is 59.0 Å². The fourth-order valence-corrected chi connectivity index (χ4v) is 9.95. The van der Waals surface area contributed by atoms with Gasteiger partial charge in [-0.1, -0.05) is 30.4 Å². The zero-order valence-electron chi connectivity index (χ0n) is 9.77. The quantitative estimate of drug-likeness (QED) is 0.474. The molecule has 0 saturated heterocycles. The molecule has 0 aromatic carbocycles. The molecule has 3 aliphatic rings. The Kier molecular flexibility index (Phi) is 2.53. The molecule has 16 heavy (non-hydrogen) atoms. The van der Waals surface area contributed by atoms with Crippen molar-refractivity contribution >= 4 is 15.1 Å². The van der Waals surface area contributed by atoms with Gasteiger partial charge in [0.15, 0.2) is 0 Å². The molecule has 2 heteroatoms. The van der Waals surface area contributed by atoms with Crippen molar-refractivity contribution in [3.05, 3.63) is 59.0 Å². The average Bonchev–Trinajstić information content (AvgIpc) is 2.92. The molecule has 0 amide bonds. The molecule has 3 rings (SSSR count). The van der Waals surface area contributed by atoms with Crippen LogP contribution in [0, 0.1) is 0 Å². The molecule has 0 aromatic heterocycles. The highest BCUT2D eigenvalue weighted by Gasteiger charge is 2.39. The minimum absolute atomic E-state index is 0.0806. The number of allylic oxidation sites excluding steroid dienone is 10. The highest BCUT2D eigenvalue weighted by molar-refractivity contribution is 7.73. The van der Waals surface area contributed by atoms with Crippen molar-refractivity contribution < 1.29 is 0 Å². The molecule has 2 aliphatic carbocycles. The summed E-state index contributed by atoms with van der Waals surface area (Å²) >= 11 is 0. The highest BCUT2D eigenvalue weighted by atomic mass is 31.2. The first-order chi connectivity index (χ1) is 7.77. The molecule has 2 atom stereocenters. The zero-order valence-corrected chi connectivity index (χ0v) is 11.7. The van der Waals surface area contributed by atoms with Crippen molar-refractivity contribution in [3.8, 4) is 0 Å². The van der Waals surface area contributed by atoms with Crippen LogP contribution in [0.4, 0.5) is 0 Å². The van der Waals surface area contributed by atoms with Crippen LogP contribution in [0.5, 0.6) is 0 Å². The number of hydrogen-bond donors (Lipinski definition) is 0. The molecule has 0 bridgehead atoms. The van der Waals surface area contributed by atoms with Gasteiger partial charge < -0.3 is 0 Å². The Balaban J connectivity index is 2.06. The molecular weight excluding hydrogens is 227 g/mol. The molecule has 0 saturated carbocycles. The summed E-state index contributed by atoms with van der Waals surface area (Å²) in [5, 5.41) is 1.67. The van der Waals surface area contributed by atoms with Crippen LogP contribution in [-0.4, -0.2) is 13.7 Å². The molecule has 1 aliphatic heterocycles. The average molecular weight is 243 g/mol. The normalized spacial score (nSPS) is 28.0. The Morgan fingerprint density at radius 2 is 2.12 bits per heavy atom. The summed E-state index contributed by atoms with van der Waals surface area (Å²) in [6, 6.07) is 0. The van der Waals surface area contributed by atoms with E-state index in [1.807, 2.05) is 0 Å². The smallest absolute Gasteiger partial charge is 0.0803 e. The van der Waals surface area contributed by atoms with Gasteiger partial charge in [0.05, 0.1) is 7.06 Å². The summed E-state index contributed by atoms with van der Waals surface area (Å²) in [4.78, 5) is 0.